The lowest BCUT2D eigenvalue weighted by Crippen LogP contribution is -1.98. The Morgan fingerprint density at radius 2 is 1.69 bits per heavy atom. The molecule has 0 saturated heterocycles. The predicted molar refractivity (Wildman–Crippen MR) is 74.5 cm³/mol. The molecule has 0 aliphatic rings. The second-order valence-electron chi connectivity index (χ2n) is 5.61. The number of hydrogen-bond acceptors (Lipinski definition) is 1. The third kappa shape index (κ3) is 10.2. The van der Waals surface area contributed by atoms with Gasteiger partial charge < -0.3 is 5.73 Å². The molecule has 1 atom stereocenters. The molecule has 0 aliphatic carbocycles. The summed E-state index contributed by atoms with van der Waals surface area (Å²) in [7, 11) is 0. The lowest BCUT2D eigenvalue weighted by molar-refractivity contribution is 0.427. The van der Waals surface area contributed by atoms with E-state index < -0.39 is 0 Å². The number of hydrogen-bond donors (Lipinski definition) is 1. The minimum atomic E-state index is 0.690. The van der Waals surface area contributed by atoms with Crippen molar-refractivity contribution in [2.75, 3.05) is 6.54 Å². The Morgan fingerprint density at radius 1 is 1.06 bits per heavy atom. The molecule has 0 aromatic carbocycles. The van der Waals surface area contributed by atoms with E-state index in [1.165, 1.54) is 44.1 Å². The van der Waals surface area contributed by atoms with Gasteiger partial charge in [0.1, 0.15) is 0 Å². The molecule has 0 heterocycles. The van der Waals surface area contributed by atoms with Crippen LogP contribution in [0.15, 0.2) is 11.6 Å². The molecule has 0 radical (unpaired) electrons. The van der Waals surface area contributed by atoms with Crippen molar-refractivity contribution in [2.24, 2.45) is 17.6 Å². The standard InChI is InChI=1S/C15H31N/c1-13(2)7-5-8-14(3)9-6-10-15(4)11-12-16/h11,13-14H,5-10,12,16H2,1-4H3. The van der Waals surface area contributed by atoms with Crippen LogP contribution in [0, 0.1) is 11.8 Å². The minimum Gasteiger partial charge on any atom is -0.327 e. The van der Waals surface area contributed by atoms with Crippen molar-refractivity contribution in [3.05, 3.63) is 11.6 Å². The van der Waals surface area contributed by atoms with E-state index in [4.69, 9.17) is 5.73 Å². The van der Waals surface area contributed by atoms with Gasteiger partial charge in [0.05, 0.1) is 0 Å². The summed E-state index contributed by atoms with van der Waals surface area (Å²) in [6.45, 7) is 9.89. The molecule has 0 aliphatic heterocycles. The van der Waals surface area contributed by atoms with Crippen LogP contribution in [-0.2, 0) is 0 Å². The summed E-state index contributed by atoms with van der Waals surface area (Å²) < 4.78 is 0. The van der Waals surface area contributed by atoms with E-state index in [0.29, 0.717) is 6.54 Å². The van der Waals surface area contributed by atoms with Gasteiger partial charge in [-0.15, -0.1) is 0 Å². The van der Waals surface area contributed by atoms with Crippen molar-refractivity contribution in [3.63, 3.8) is 0 Å². The van der Waals surface area contributed by atoms with Crippen LogP contribution in [0.5, 0.6) is 0 Å². The summed E-state index contributed by atoms with van der Waals surface area (Å²) in [5.41, 5.74) is 6.93. The van der Waals surface area contributed by atoms with Crippen molar-refractivity contribution in [1.82, 2.24) is 0 Å². The molecule has 96 valence electrons. The second-order valence-corrected chi connectivity index (χ2v) is 5.61. The third-order valence-electron chi connectivity index (χ3n) is 3.21. The lowest BCUT2D eigenvalue weighted by Gasteiger charge is -2.12. The average Bonchev–Trinajstić information content (AvgIpc) is 2.17. The fraction of sp³-hybridized carbons (Fsp3) is 0.867. The first-order chi connectivity index (χ1) is 7.56. The molecule has 16 heavy (non-hydrogen) atoms. The quantitative estimate of drug-likeness (QED) is 0.573. The first kappa shape index (κ1) is 15.7. The Labute approximate surface area is 102 Å². The van der Waals surface area contributed by atoms with E-state index in [-0.39, 0.29) is 0 Å². The van der Waals surface area contributed by atoms with Gasteiger partial charge in [0, 0.05) is 6.54 Å². The van der Waals surface area contributed by atoms with Gasteiger partial charge >= 0.3 is 0 Å². The van der Waals surface area contributed by atoms with E-state index in [1.54, 1.807) is 0 Å². The third-order valence-corrected chi connectivity index (χ3v) is 3.21. The molecule has 1 unspecified atom stereocenters. The maximum Gasteiger partial charge on any atom is 0.0109 e. The molecule has 0 fully saturated rings. The normalized spacial score (nSPS) is 14.5. The van der Waals surface area contributed by atoms with Gasteiger partial charge in [-0.1, -0.05) is 58.1 Å². The van der Waals surface area contributed by atoms with E-state index in [9.17, 15) is 0 Å². The van der Waals surface area contributed by atoms with Gasteiger partial charge in [-0.25, -0.2) is 0 Å². The Bertz CT molecular complexity index is 182. The van der Waals surface area contributed by atoms with Gasteiger partial charge in [0.2, 0.25) is 0 Å². The molecule has 0 aromatic heterocycles. The molecule has 0 spiro atoms. The molecule has 0 aromatic rings. The summed E-state index contributed by atoms with van der Waals surface area (Å²) >= 11 is 0. The van der Waals surface area contributed by atoms with Crippen molar-refractivity contribution >= 4 is 0 Å². The number of nitrogens with two attached hydrogens (primary N) is 1. The van der Waals surface area contributed by atoms with E-state index in [0.717, 1.165) is 11.8 Å². The molecule has 0 amide bonds. The van der Waals surface area contributed by atoms with Crippen LogP contribution >= 0.6 is 0 Å². The summed E-state index contributed by atoms with van der Waals surface area (Å²) in [5, 5.41) is 0. The molecule has 1 nitrogen and oxygen atoms in total. The Kier molecular flexibility index (Phi) is 9.71. The van der Waals surface area contributed by atoms with Crippen LogP contribution in [0.3, 0.4) is 0 Å². The predicted octanol–water partition coefficient (Wildman–Crippen LogP) is 4.52. The largest absolute Gasteiger partial charge is 0.327 e. The number of rotatable bonds is 9. The molecule has 0 bridgehead atoms. The number of allylic oxidation sites excluding steroid dienone is 1. The van der Waals surface area contributed by atoms with E-state index >= 15 is 0 Å². The van der Waals surface area contributed by atoms with Crippen LogP contribution in [-0.4, -0.2) is 6.54 Å². The highest BCUT2D eigenvalue weighted by atomic mass is 14.5. The maximum absolute atomic E-state index is 5.48. The highest BCUT2D eigenvalue weighted by Gasteiger charge is 2.03. The van der Waals surface area contributed by atoms with Crippen LogP contribution < -0.4 is 5.73 Å². The van der Waals surface area contributed by atoms with Gasteiger partial charge in [0.25, 0.3) is 0 Å². The lowest BCUT2D eigenvalue weighted by atomic mass is 9.94. The zero-order valence-electron chi connectivity index (χ0n) is 11.8. The molecule has 2 N–H and O–H groups in total. The van der Waals surface area contributed by atoms with Gasteiger partial charge in [0.15, 0.2) is 0 Å². The van der Waals surface area contributed by atoms with Crippen LogP contribution in [0.25, 0.3) is 0 Å². The monoisotopic (exact) mass is 225 g/mol. The molecule has 0 saturated carbocycles. The summed E-state index contributed by atoms with van der Waals surface area (Å²) in [6.07, 6.45) is 10.2. The second kappa shape index (κ2) is 9.89. The molecular weight excluding hydrogens is 194 g/mol. The van der Waals surface area contributed by atoms with Crippen LogP contribution in [0.2, 0.25) is 0 Å². The average molecular weight is 225 g/mol. The summed E-state index contributed by atoms with van der Waals surface area (Å²) in [4.78, 5) is 0. The highest BCUT2D eigenvalue weighted by molar-refractivity contribution is 4.98. The minimum absolute atomic E-state index is 0.690. The summed E-state index contributed by atoms with van der Waals surface area (Å²) in [6, 6.07) is 0. The van der Waals surface area contributed by atoms with Crippen molar-refractivity contribution in [1.29, 1.82) is 0 Å². The Balaban J connectivity index is 3.43. The first-order valence-corrected chi connectivity index (χ1v) is 6.92. The highest BCUT2D eigenvalue weighted by Crippen LogP contribution is 2.18. The Morgan fingerprint density at radius 3 is 2.25 bits per heavy atom. The van der Waals surface area contributed by atoms with Crippen molar-refractivity contribution < 1.29 is 0 Å². The van der Waals surface area contributed by atoms with Gasteiger partial charge in [-0.3, -0.25) is 0 Å². The van der Waals surface area contributed by atoms with Gasteiger partial charge in [-0.05, 0) is 31.6 Å². The smallest absolute Gasteiger partial charge is 0.0109 e. The Hall–Kier alpha value is -0.300. The van der Waals surface area contributed by atoms with Crippen LogP contribution in [0.4, 0.5) is 0 Å². The van der Waals surface area contributed by atoms with Crippen LogP contribution in [0.1, 0.15) is 66.2 Å². The molecular formula is C15H31N. The molecule has 0 rings (SSSR count). The SMILES string of the molecule is CC(=CCN)CCCC(C)CCCC(C)C. The van der Waals surface area contributed by atoms with Gasteiger partial charge in [-0.2, -0.15) is 0 Å². The zero-order valence-corrected chi connectivity index (χ0v) is 11.8. The zero-order chi connectivity index (χ0) is 12.4. The van der Waals surface area contributed by atoms with Crippen molar-refractivity contribution in [2.45, 2.75) is 66.2 Å². The fourth-order valence-corrected chi connectivity index (χ4v) is 2.05. The summed E-state index contributed by atoms with van der Waals surface area (Å²) in [5.74, 6) is 1.76. The fourth-order valence-electron chi connectivity index (χ4n) is 2.05. The first-order valence-electron chi connectivity index (χ1n) is 6.92. The molecule has 1 heteroatoms. The van der Waals surface area contributed by atoms with E-state index in [1.807, 2.05) is 0 Å². The maximum atomic E-state index is 5.48. The van der Waals surface area contributed by atoms with Crippen molar-refractivity contribution in [3.8, 4) is 0 Å². The van der Waals surface area contributed by atoms with E-state index in [2.05, 4.69) is 33.8 Å². The topological polar surface area (TPSA) is 26.0 Å².